The highest BCUT2D eigenvalue weighted by Crippen LogP contribution is 2.22. The van der Waals surface area contributed by atoms with Crippen molar-refractivity contribution in [3.63, 3.8) is 0 Å². The van der Waals surface area contributed by atoms with Gasteiger partial charge in [0.1, 0.15) is 10.9 Å². The first-order valence-electron chi connectivity index (χ1n) is 7.95. The number of carbonyl (C=O) groups is 1. The summed E-state index contributed by atoms with van der Waals surface area (Å²) in [6, 6.07) is 6.94. The van der Waals surface area contributed by atoms with Gasteiger partial charge in [-0.25, -0.2) is 5.43 Å². The molecule has 0 saturated heterocycles. The van der Waals surface area contributed by atoms with E-state index in [-0.39, 0.29) is 6.61 Å². The number of benzene rings is 1. The van der Waals surface area contributed by atoms with E-state index in [1.807, 2.05) is 6.92 Å². The van der Waals surface area contributed by atoms with Gasteiger partial charge in [-0.1, -0.05) is 48.7 Å². The molecule has 0 aliphatic heterocycles. The zero-order valence-electron chi connectivity index (χ0n) is 14.1. The molecule has 0 bridgehead atoms. The fourth-order valence-corrected chi connectivity index (χ4v) is 2.57. The average molecular weight is 383 g/mol. The summed E-state index contributed by atoms with van der Waals surface area (Å²) in [5.74, 6) is 0.0442. The number of hydrazone groups is 1. The molecule has 1 amide bonds. The Morgan fingerprint density at radius 3 is 2.88 bits per heavy atom. The van der Waals surface area contributed by atoms with E-state index >= 15 is 0 Å². The Kier molecular flexibility index (Phi) is 7.28. The van der Waals surface area contributed by atoms with Gasteiger partial charge in [0.15, 0.2) is 6.61 Å². The molecule has 0 radical (unpaired) electrons. The Bertz CT molecular complexity index is 759. The third kappa shape index (κ3) is 5.47. The summed E-state index contributed by atoms with van der Waals surface area (Å²) in [4.78, 5) is 11.8. The predicted molar refractivity (Wildman–Crippen MR) is 99.6 cm³/mol. The van der Waals surface area contributed by atoms with Crippen molar-refractivity contribution in [1.29, 1.82) is 0 Å². The second-order valence-corrected chi connectivity index (χ2v) is 6.14. The van der Waals surface area contributed by atoms with Crippen LogP contribution < -0.4 is 10.2 Å². The first-order chi connectivity index (χ1) is 12.0. The van der Waals surface area contributed by atoms with Crippen LogP contribution in [-0.2, 0) is 11.3 Å². The van der Waals surface area contributed by atoms with Crippen molar-refractivity contribution in [2.75, 3.05) is 6.61 Å². The summed E-state index contributed by atoms with van der Waals surface area (Å²) >= 11 is 12.3. The second kappa shape index (κ2) is 9.44. The minimum Gasteiger partial charge on any atom is -0.482 e. The number of carbonyl (C=O) groups excluding carboxylic acids is 1. The fourth-order valence-electron chi connectivity index (χ4n) is 2.08. The molecule has 0 spiro atoms. The average Bonchev–Trinajstić information content (AvgIpc) is 2.86. The Morgan fingerprint density at radius 1 is 1.40 bits per heavy atom. The Labute approximate surface area is 156 Å². The van der Waals surface area contributed by atoms with Gasteiger partial charge in [-0.2, -0.15) is 10.2 Å². The van der Waals surface area contributed by atoms with Crippen molar-refractivity contribution in [2.24, 2.45) is 5.10 Å². The topological polar surface area (TPSA) is 68.5 Å². The normalized spacial score (nSPS) is 11.0. The predicted octanol–water partition coefficient (Wildman–Crippen LogP) is 3.83. The molecule has 0 atom stereocenters. The number of nitrogens with zero attached hydrogens (tertiary/aromatic N) is 3. The molecule has 8 heteroatoms. The van der Waals surface area contributed by atoms with Crippen molar-refractivity contribution in [1.82, 2.24) is 15.2 Å². The zero-order valence-corrected chi connectivity index (χ0v) is 15.6. The maximum atomic E-state index is 11.8. The highest BCUT2D eigenvalue weighted by molar-refractivity contribution is 6.32. The molecule has 1 aromatic carbocycles. The van der Waals surface area contributed by atoms with E-state index in [1.165, 1.54) is 6.21 Å². The van der Waals surface area contributed by atoms with Crippen LogP contribution in [0.2, 0.25) is 10.2 Å². The third-order valence-electron chi connectivity index (χ3n) is 3.41. The van der Waals surface area contributed by atoms with E-state index in [2.05, 4.69) is 22.5 Å². The number of nitrogens with one attached hydrogen (secondary N) is 1. The molecule has 134 valence electrons. The molecule has 25 heavy (non-hydrogen) atoms. The van der Waals surface area contributed by atoms with Gasteiger partial charge >= 0.3 is 0 Å². The van der Waals surface area contributed by atoms with E-state index in [9.17, 15) is 4.79 Å². The Hall–Kier alpha value is -2.05. The number of aromatic nitrogens is 2. The Morgan fingerprint density at radius 2 is 2.16 bits per heavy atom. The van der Waals surface area contributed by atoms with Gasteiger partial charge in [-0.15, -0.1) is 0 Å². The number of aryl methyl sites for hydroxylation is 2. The number of halogens is 2. The lowest BCUT2D eigenvalue weighted by molar-refractivity contribution is -0.123. The molecular formula is C17H20Cl2N4O2. The molecular weight excluding hydrogens is 363 g/mol. The highest BCUT2D eigenvalue weighted by Gasteiger charge is 2.11. The minimum absolute atomic E-state index is 0.191. The SMILES string of the molecule is CCCCn1nc(C)c(/C=N\NC(=O)COc2ccccc2Cl)c1Cl. The van der Waals surface area contributed by atoms with Gasteiger partial charge < -0.3 is 4.74 Å². The number of rotatable bonds is 8. The number of unbranched alkanes of at least 4 members (excludes halogenated alkanes) is 1. The van der Waals surface area contributed by atoms with Crippen molar-refractivity contribution in [2.45, 2.75) is 33.2 Å². The van der Waals surface area contributed by atoms with Crippen molar-refractivity contribution in [3.05, 3.63) is 45.7 Å². The van der Waals surface area contributed by atoms with Gasteiger partial charge in [-0.05, 0) is 25.5 Å². The third-order valence-corrected chi connectivity index (χ3v) is 4.12. The molecule has 1 N–H and O–H groups in total. The van der Waals surface area contributed by atoms with Crippen LogP contribution in [0.1, 0.15) is 31.0 Å². The van der Waals surface area contributed by atoms with Gasteiger partial charge in [0.25, 0.3) is 5.91 Å². The summed E-state index contributed by atoms with van der Waals surface area (Å²) in [7, 11) is 0. The zero-order chi connectivity index (χ0) is 18.2. The summed E-state index contributed by atoms with van der Waals surface area (Å²) in [5.41, 5.74) is 3.84. The number of hydrogen-bond acceptors (Lipinski definition) is 4. The maximum absolute atomic E-state index is 11.8. The largest absolute Gasteiger partial charge is 0.482 e. The van der Waals surface area contributed by atoms with E-state index in [4.69, 9.17) is 27.9 Å². The number of ether oxygens (including phenoxy) is 1. The summed E-state index contributed by atoms with van der Waals surface area (Å²) in [6.45, 7) is 4.51. The standard InChI is InChI=1S/C17H20Cl2N4O2/c1-3-4-9-23-17(19)13(12(2)22-23)10-20-21-16(24)11-25-15-8-6-5-7-14(15)18/h5-8,10H,3-4,9,11H2,1-2H3,(H,21,24)/b20-10-. The second-order valence-electron chi connectivity index (χ2n) is 5.38. The molecule has 6 nitrogen and oxygen atoms in total. The molecule has 0 aliphatic carbocycles. The minimum atomic E-state index is -0.400. The summed E-state index contributed by atoms with van der Waals surface area (Å²) < 4.78 is 7.08. The smallest absolute Gasteiger partial charge is 0.277 e. The van der Waals surface area contributed by atoms with Gasteiger partial charge in [0.05, 0.1) is 22.5 Å². The lowest BCUT2D eigenvalue weighted by atomic mass is 10.3. The number of amides is 1. The fraction of sp³-hybridized carbons (Fsp3) is 0.353. The maximum Gasteiger partial charge on any atom is 0.277 e. The molecule has 1 aromatic heterocycles. The van der Waals surface area contributed by atoms with Crippen LogP contribution in [0.25, 0.3) is 0 Å². The van der Waals surface area contributed by atoms with Crippen molar-refractivity contribution < 1.29 is 9.53 Å². The highest BCUT2D eigenvalue weighted by atomic mass is 35.5. The van der Waals surface area contributed by atoms with Crippen LogP contribution in [-0.4, -0.2) is 28.5 Å². The van der Waals surface area contributed by atoms with Crippen LogP contribution in [0.4, 0.5) is 0 Å². The number of hydrogen-bond donors (Lipinski definition) is 1. The molecule has 1 heterocycles. The van der Waals surface area contributed by atoms with E-state index < -0.39 is 5.91 Å². The quantitative estimate of drug-likeness (QED) is 0.557. The van der Waals surface area contributed by atoms with Gasteiger partial charge in [0, 0.05) is 6.54 Å². The monoisotopic (exact) mass is 382 g/mol. The molecule has 2 rings (SSSR count). The van der Waals surface area contributed by atoms with Crippen LogP contribution in [0.15, 0.2) is 29.4 Å². The molecule has 0 fully saturated rings. The van der Waals surface area contributed by atoms with E-state index in [0.29, 0.717) is 21.5 Å². The lowest BCUT2D eigenvalue weighted by Crippen LogP contribution is -2.24. The van der Waals surface area contributed by atoms with Gasteiger partial charge in [0.2, 0.25) is 0 Å². The molecule has 2 aromatic rings. The molecule has 0 unspecified atom stereocenters. The first-order valence-corrected chi connectivity index (χ1v) is 8.70. The van der Waals surface area contributed by atoms with Crippen molar-refractivity contribution in [3.8, 4) is 5.75 Å². The van der Waals surface area contributed by atoms with Crippen LogP contribution >= 0.6 is 23.2 Å². The van der Waals surface area contributed by atoms with Crippen LogP contribution in [0, 0.1) is 6.92 Å². The number of para-hydroxylation sites is 1. The molecule has 0 saturated carbocycles. The van der Waals surface area contributed by atoms with Crippen LogP contribution in [0.3, 0.4) is 0 Å². The van der Waals surface area contributed by atoms with Gasteiger partial charge in [-0.3, -0.25) is 9.48 Å². The lowest BCUT2D eigenvalue weighted by Gasteiger charge is -2.06. The summed E-state index contributed by atoms with van der Waals surface area (Å²) in [6.07, 6.45) is 3.54. The van der Waals surface area contributed by atoms with E-state index in [0.717, 1.165) is 25.1 Å². The van der Waals surface area contributed by atoms with Crippen LogP contribution in [0.5, 0.6) is 5.75 Å². The van der Waals surface area contributed by atoms with Crippen molar-refractivity contribution >= 4 is 35.3 Å². The molecule has 0 aliphatic rings. The Balaban J connectivity index is 1.89. The van der Waals surface area contributed by atoms with E-state index in [1.54, 1.807) is 28.9 Å². The first kappa shape index (κ1) is 19.3. The summed E-state index contributed by atoms with van der Waals surface area (Å²) in [5, 5.41) is 9.24.